The van der Waals surface area contributed by atoms with Gasteiger partial charge >= 0.3 is 0 Å². The Bertz CT molecular complexity index is 269. The van der Waals surface area contributed by atoms with Gasteiger partial charge in [0.05, 0.1) is 6.61 Å². The molecule has 0 aromatic carbocycles. The number of hydrogen-bond donors (Lipinski definition) is 1. The van der Waals surface area contributed by atoms with E-state index in [-0.39, 0.29) is 12.1 Å². The van der Waals surface area contributed by atoms with Gasteiger partial charge in [-0.1, -0.05) is 0 Å². The van der Waals surface area contributed by atoms with Crippen molar-refractivity contribution in [3.63, 3.8) is 0 Å². The molecule has 0 spiro atoms. The zero-order chi connectivity index (χ0) is 8.55. The zero-order valence-electron chi connectivity index (χ0n) is 7.12. The van der Waals surface area contributed by atoms with Gasteiger partial charge in [-0.25, -0.2) is 0 Å². The molecule has 66 valence electrons. The van der Waals surface area contributed by atoms with Crippen molar-refractivity contribution < 1.29 is 4.74 Å². The maximum Gasteiger partial charge on any atom is 0.107 e. The van der Waals surface area contributed by atoms with Crippen molar-refractivity contribution in [3.05, 3.63) is 21.9 Å². The van der Waals surface area contributed by atoms with Crippen LogP contribution in [-0.2, 0) is 11.2 Å². The fourth-order valence-corrected chi connectivity index (χ4v) is 2.68. The van der Waals surface area contributed by atoms with E-state index in [1.54, 1.807) is 11.3 Å². The molecule has 0 bridgehead atoms. The minimum Gasteiger partial charge on any atom is -0.371 e. The van der Waals surface area contributed by atoms with Crippen molar-refractivity contribution in [2.45, 2.75) is 25.5 Å². The topological polar surface area (TPSA) is 35.2 Å². The molecule has 2 heterocycles. The standard InChI is InChI=1S/C9H13NOS/c1-6(10)8-9-7(2-4-11-8)3-5-12-9/h3,5-6,8H,2,4,10H2,1H3/t6-,8-/m1/s1. The van der Waals surface area contributed by atoms with Gasteiger partial charge in [0.1, 0.15) is 6.10 Å². The predicted molar refractivity (Wildman–Crippen MR) is 50.4 cm³/mol. The van der Waals surface area contributed by atoms with Crippen LogP contribution in [0.1, 0.15) is 23.5 Å². The lowest BCUT2D eigenvalue weighted by atomic mass is 10.0. The summed E-state index contributed by atoms with van der Waals surface area (Å²) in [6, 6.07) is 2.28. The summed E-state index contributed by atoms with van der Waals surface area (Å²) in [4.78, 5) is 1.33. The summed E-state index contributed by atoms with van der Waals surface area (Å²) < 4.78 is 5.61. The molecule has 1 aromatic heterocycles. The molecule has 3 heteroatoms. The maximum atomic E-state index is 5.82. The minimum atomic E-state index is 0.0997. The summed E-state index contributed by atoms with van der Waals surface area (Å²) in [5.41, 5.74) is 7.25. The van der Waals surface area contributed by atoms with Crippen LogP contribution >= 0.6 is 11.3 Å². The molecular weight excluding hydrogens is 170 g/mol. The van der Waals surface area contributed by atoms with Gasteiger partial charge in [0, 0.05) is 10.9 Å². The van der Waals surface area contributed by atoms with Gasteiger partial charge < -0.3 is 10.5 Å². The molecular formula is C9H13NOS. The Labute approximate surface area is 76.3 Å². The molecule has 0 fully saturated rings. The summed E-state index contributed by atoms with van der Waals surface area (Å²) in [6.45, 7) is 2.81. The second-order valence-corrected chi connectivity index (χ2v) is 4.16. The van der Waals surface area contributed by atoms with Gasteiger partial charge in [0.25, 0.3) is 0 Å². The van der Waals surface area contributed by atoms with Crippen molar-refractivity contribution in [2.24, 2.45) is 5.73 Å². The van der Waals surface area contributed by atoms with Crippen molar-refractivity contribution in [2.75, 3.05) is 6.61 Å². The zero-order valence-corrected chi connectivity index (χ0v) is 7.93. The Morgan fingerprint density at radius 3 is 3.33 bits per heavy atom. The molecule has 1 aromatic rings. The van der Waals surface area contributed by atoms with Gasteiger partial charge in [-0.2, -0.15) is 0 Å². The van der Waals surface area contributed by atoms with E-state index in [0.29, 0.717) is 0 Å². The number of nitrogens with two attached hydrogens (primary N) is 1. The van der Waals surface area contributed by atoms with Gasteiger partial charge in [0.2, 0.25) is 0 Å². The lowest BCUT2D eigenvalue weighted by molar-refractivity contribution is 0.0315. The Morgan fingerprint density at radius 1 is 1.75 bits per heavy atom. The lowest BCUT2D eigenvalue weighted by Crippen LogP contribution is -2.30. The number of hydrogen-bond acceptors (Lipinski definition) is 3. The van der Waals surface area contributed by atoms with Gasteiger partial charge in [0.15, 0.2) is 0 Å². The molecule has 2 N–H and O–H groups in total. The van der Waals surface area contributed by atoms with Crippen LogP contribution in [0.5, 0.6) is 0 Å². The monoisotopic (exact) mass is 183 g/mol. The van der Waals surface area contributed by atoms with Crippen LogP contribution in [0.25, 0.3) is 0 Å². The van der Waals surface area contributed by atoms with Crippen molar-refractivity contribution in [1.82, 2.24) is 0 Å². The summed E-state index contributed by atoms with van der Waals surface area (Å²) in [7, 11) is 0. The van der Waals surface area contributed by atoms with Crippen molar-refractivity contribution in [1.29, 1.82) is 0 Å². The van der Waals surface area contributed by atoms with Crippen molar-refractivity contribution in [3.8, 4) is 0 Å². The second kappa shape index (κ2) is 3.17. The molecule has 1 aliphatic rings. The molecule has 0 radical (unpaired) electrons. The van der Waals surface area contributed by atoms with Crippen LogP contribution in [0.3, 0.4) is 0 Å². The molecule has 2 atom stereocenters. The third kappa shape index (κ3) is 1.28. The third-order valence-corrected chi connectivity index (χ3v) is 3.21. The van der Waals surface area contributed by atoms with E-state index < -0.39 is 0 Å². The number of thiophene rings is 1. The molecule has 2 rings (SSSR count). The smallest absolute Gasteiger partial charge is 0.107 e. The number of ether oxygens (including phenoxy) is 1. The van der Waals surface area contributed by atoms with E-state index in [1.165, 1.54) is 10.4 Å². The fraction of sp³-hybridized carbons (Fsp3) is 0.556. The minimum absolute atomic E-state index is 0.0997. The summed E-state index contributed by atoms with van der Waals surface area (Å²) in [6.07, 6.45) is 1.18. The highest BCUT2D eigenvalue weighted by Gasteiger charge is 2.24. The van der Waals surface area contributed by atoms with Crippen LogP contribution in [0.4, 0.5) is 0 Å². The summed E-state index contributed by atoms with van der Waals surface area (Å²) in [5, 5.41) is 2.12. The summed E-state index contributed by atoms with van der Waals surface area (Å²) in [5.74, 6) is 0. The van der Waals surface area contributed by atoms with Gasteiger partial charge in [-0.15, -0.1) is 11.3 Å². The predicted octanol–water partition coefficient (Wildman–Crippen LogP) is 1.71. The van der Waals surface area contributed by atoms with Crippen molar-refractivity contribution >= 4 is 11.3 Å². The van der Waals surface area contributed by atoms with E-state index in [9.17, 15) is 0 Å². The van der Waals surface area contributed by atoms with Crippen LogP contribution in [0.15, 0.2) is 11.4 Å². The van der Waals surface area contributed by atoms with Crippen LogP contribution in [0, 0.1) is 0 Å². The Balaban J connectivity index is 2.31. The normalized spacial score (nSPS) is 25.0. The molecule has 12 heavy (non-hydrogen) atoms. The largest absolute Gasteiger partial charge is 0.371 e. The first-order valence-electron chi connectivity index (χ1n) is 4.22. The highest BCUT2D eigenvalue weighted by Crippen LogP contribution is 2.32. The Morgan fingerprint density at radius 2 is 2.58 bits per heavy atom. The Kier molecular flexibility index (Phi) is 2.17. The molecule has 0 aliphatic carbocycles. The van der Waals surface area contributed by atoms with E-state index in [1.807, 2.05) is 6.92 Å². The van der Waals surface area contributed by atoms with E-state index >= 15 is 0 Å². The van der Waals surface area contributed by atoms with Gasteiger partial charge in [-0.3, -0.25) is 0 Å². The first-order chi connectivity index (χ1) is 5.79. The number of rotatable bonds is 1. The summed E-state index contributed by atoms with van der Waals surface area (Å²) >= 11 is 1.76. The first-order valence-corrected chi connectivity index (χ1v) is 5.10. The molecule has 1 aliphatic heterocycles. The number of fused-ring (bicyclic) bond motifs is 1. The fourth-order valence-electron chi connectivity index (χ4n) is 1.57. The lowest BCUT2D eigenvalue weighted by Gasteiger charge is -2.25. The van der Waals surface area contributed by atoms with Crippen LogP contribution in [0.2, 0.25) is 0 Å². The third-order valence-electron chi connectivity index (χ3n) is 2.19. The molecule has 2 nitrogen and oxygen atoms in total. The molecule has 0 amide bonds. The Hall–Kier alpha value is -0.380. The van der Waals surface area contributed by atoms with Crippen LogP contribution < -0.4 is 5.73 Å². The highest BCUT2D eigenvalue weighted by molar-refractivity contribution is 7.10. The van der Waals surface area contributed by atoms with E-state index in [0.717, 1.165) is 13.0 Å². The maximum absolute atomic E-state index is 5.82. The van der Waals surface area contributed by atoms with E-state index in [4.69, 9.17) is 10.5 Å². The average molecular weight is 183 g/mol. The van der Waals surface area contributed by atoms with Crippen LogP contribution in [-0.4, -0.2) is 12.6 Å². The molecule has 0 unspecified atom stereocenters. The SMILES string of the molecule is C[C@@H](N)[C@H]1OCCc2ccsc21. The first kappa shape index (κ1) is 8.23. The highest BCUT2D eigenvalue weighted by atomic mass is 32.1. The average Bonchev–Trinajstić information content (AvgIpc) is 2.49. The van der Waals surface area contributed by atoms with E-state index in [2.05, 4.69) is 11.4 Å². The second-order valence-electron chi connectivity index (χ2n) is 3.21. The van der Waals surface area contributed by atoms with Gasteiger partial charge in [-0.05, 0) is 30.4 Å². The molecule has 0 saturated carbocycles. The molecule has 0 saturated heterocycles. The quantitative estimate of drug-likeness (QED) is 0.719.